The van der Waals surface area contributed by atoms with Gasteiger partial charge in [-0.25, -0.2) is 9.97 Å². The van der Waals surface area contributed by atoms with Crippen molar-refractivity contribution >= 4 is 62.3 Å². The molecule has 3 aromatic rings. The Balaban J connectivity index is 1.88. The van der Waals surface area contributed by atoms with Gasteiger partial charge in [0, 0.05) is 22.1 Å². The number of nitrogens with zero attached hydrogens (tertiary/aromatic N) is 2. The van der Waals surface area contributed by atoms with Gasteiger partial charge in [-0.1, -0.05) is 0 Å². The van der Waals surface area contributed by atoms with Crippen LogP contribution in [0.1, 0.15) is 22.8 Å². The van der Waals surface area contributed by atoms with Crippen molar-refractivity contribution in [3.8, 4) is 0 Å². The van der Waals surface area contributed by atoms with E-state index >= 15 is 0 Å². The highest BCUT2D eigenvalue weighted by Crippen LogP contribution is 2.26. The maximum atomic E-state index is 4.67. The van der Waals surface area contributed by atoms with Gasteiger partial charge in [0.1, 0.15) is 0 Å². The number of hydrogen-bond donors (Lipinski definition) is 2. The highest BCUT2D eigenvalue weighted by atomic mass is 79.9. The highest BCUT2D eigenvalue weighted by molar-refractivity contribution is 9.10. The minimum Gasteiger partial charge on any atom is -0.355 e. The third-order valence-corrected chi connectivity index (χ3v) is 4.97. The minimum absolute atomic E-state index is 0.878. The molecule has 0 aliphatic carbocycles. The number of H-pyrrole nitrogens is 2. The van der Waals surface area contributed by atoms with E-state index in [0.29, 0.717) is 0 Å². The quantitative estimate of drug-likeness (QED) is 0.372. The predicted octanol–water partition coefficient (Wildman–Crippen LogP) is 5.42. The summed E-state index contributed by atoms with van der Waals surface area (Å²) in [4.78, 5) is 16.1. The van der Waals surface area contributed by atoms with E-state index in [1.54, 1.807) is 0 Å². The van der Waals surface area contributed by atoms with Gasteiger partial charge in [0.15, 0.2) is 0 Å². The second kappa shape index (κ2) is 5.57. The molecule has 5 heteroatoms. The molecule has 0 unspecified atom stereocenters. The minimum atomic E-state index is 0.878. The monoisotopic (exact) mass is 388 g/mol. The molecule has 0 amide bonds. The Labute approximate surface area is 152 Å². The number of hydrogen-bond acceptors (Lipinski definition) is 2. The van der Waals surface area contributed by atoms with E-state index in [9.17, 15) is 0 Å². The molecule has 2 N–H and O–H groups in total. The zero-order valence-electron chi connectivity index (χ0n) is 13.1. The smallest absolute Gasteiger partial charge is 0.0801 e. The molecule has 2 aliphatic rings. The summed E-state index contributed by atoms with van der Waals surface area (Å²) >= 11 is 3.64. The molecule has 0 atom stereocenters. The van der Waals surface area contributed by atoms with E-state index in [0.717, 1.165) is 49.3 Å². The summed E-state index contributed by atoms with van der Waals surface area (Å²) in [6, 6.07) is 14.4. The van der Waals surface area contributed by atoms with Crippen molar-refractivity contribution in [2.24, 2.45) is 0 Å². The first kappa shape index (κ1) is 14.4. The van der Waals surface area contributed by atoms with Crippen LogP contribution in [0.25, 0.3) is 46.4 Å². The first-order chi connectivity index (χ1) is 12.2. The van der Waals surface area contributed by atoms with Gasteiger partial charge >= 0.3 is 0 Å². The van der Waals surface area contributed by atoms with Crippen LogP contribution >= 0.6 is 15.9 Å². The largest absolute Gasteiger partial charge is 0.355 e. The summed E-state index contributed by atoms with van der Waals surface area (Å²) in [6.07, 6.45) is 8.01. The SMILES string of the molecule is Brc1c2nc(cc3ccc(cc4ccc(cc5nc1C=C5)[nH]4)[nH]3)C=C2. The molecule has 8 bridgehead atoms. The summed E-state index contributed by atoms with van der Waals surface area (Å²) in [5.74, 6) is 0. The molecule has 120 valence electrons. The van der Waals surface area contributed by atoms with Gasteiger partial charge in [-0.2, -0.15) is 0 Å². The van der Waals surface area contributed by atoms with Crippen LogP contribution in [0.4, 0.5) is 0 Å². The number of aromatic amines is 2. The lowest BCUT2D eigenvalue weighted by Gasteiger charge is -1.92. The highest BCUT2D eigenvalue weighted by Gasteiger charge is 2.08. The van der Waals surface area contributed by atoms with Crippen LogP contribution in [-0.2, 0) is 0 Å². The molecule has 0 radical (unpaired) electrons. The first-order valence-electron chi connectivity index (χ1n) is 7.96. The zero-order valence-corrected chi connectivity index (χ0v) is 14.7. The molecule has 0 saturated heterocycles. The second-order valence-electron chi connectivity index (χ2n) is 6.00. The van der Waals surface area contributed by atoms with E-state index in [4.69, 9.17) is 0 Å². The molecule has 3 aromatic heterocycles. The molecule has 4 nitrogen and oxygen atoms in total. The Hall–Kier alpha value is -2.92. The lowest BCUT2D eigenvalue weighted by molar-refractivity contribution is 1.25. The van der Waals surface area contributed by atoms with Crippen molar-refractivity contribution in [1.29, 1.82) is 0 Å². The standard InChI is InChI=1S/C20H13BrN4/c21-20-18-7-5-16(24-18)10-14-3-1-12(22-14)9-13-2-4-15(23-13)11-17-6-8-19(20)25-17/h1-11,22-23H. The fourth-order valence-corrected chi connectivity index (χ4v) is 3.42. The second-order valence-corrected chi connectivity index (χ2v) is 6.79. The van der Waals surface area contributed by atoms with Crippen molar-refractivity contribution in [3.63, 3.8) is 0 Å². The molecule has 0 aromatic carbocycles. The molecule has 5 heterocycles. The third kappa shape index (κ3) is 2.72. The molecule has 2 aliphatic heterocycles. The average Bonchev–Trinajstić information content (AvgIpc) is 3.36. The van der Waals surface area contributed by atoms with Crippen LogP contribution in [0.2, 0.25) is 0 Å². The number of nitrogens with one attached hydrogen (secondary N) is 2. The van der Waals surface area contributed by atoms with Gasteiger partial charge in [-0.3, -0.25) is 0 Å². The average molecular weight is 389 g/mol. The summed E-state index contributed by atoms with van der Waals surface area (Å²) in [5, 5.41) is 0. The number of aromatic nitrogens is 4. The van der Waals surface area contributed by atoms with Crippen molar-refractivity contribution in [2.75, 3.05) is 0 Å². The molecule has 0 saturated carbocycles. The van der Waals surface area contributed by atoms with Gasteiger partial charge < -0.3 is 9.97 Å². The number of rotatable bonds is 0. The topological polar surface area (TPSA) is 57.4 Å². The van der Waals surface area contributed by atoms with Crippen LogP contribution < -0.4 is 0 Å². The lowest BCUT2D eigenvalue weighted by atomic mass is 10.3. The predicted molar refractivity (Wildman–Crippen MR) is 107 cm³/mol. The van der Waals surface area contributed by atoms with Crippen LogP contribution in [0, 0.1) is 0 Å². The van der Waals surface area contributed by atoms with Crippen molar-refractivity contribution in [1.82, 2.24) is 19.9 Å². The third-order valence-electron chi connectivity index (χ3n) is 4.15. The summed E-state index contributed by atoms with van der Waals surface area (Å²) < 4.78 is 0.895. The maximum absolute atomic E-state index is 4.67. The summed E-state index contributed by atoms with van der Waals surface area (Å²) in [7, 11) is 0. The van der Waals surface area contributed by atoms with Gasteiger partial charge in [0.05, 0.1) is 27.2 Å². The Morgan fingerprint density at radius 1 is 0.600 bits per heavy atom. The first-order valence-corrected chi connectivity index (χ1v) is 8.75. The van der Waals surface area contributed by atoms with Crippen molar-refractivity contribution < 1.29 is 0 Å². The Morgan fingerprint density at radius 3 is 1.52 bits per heavy atom. The molecular formula is C20H13BrN4. The van der Waals surface area contributed by atoms with Crippen molar-refractivity contribution in [2.45, 2.75) is 0 Å². The Morgan fingerprint density at radius 2 is 1.04 bits per heavy atom. The molecule has 0 spiro atoms. The van der Waals surface area contributed by atoms with E-state index in [1.165, 1.54) is 0 Å². The zero-order chi connectivity index (χ0) is 16.8. The molecule has 5 rings (SSSR count). The number of fused-ring (bicyclic) bond motifs is 8. The molecular weight excluding hydrogens is 376 g/mol. The molecule has 0 fully saturated rings. The van der Waals surface area contributed by atoms with Crippen LogP contribution in [0.3, 0.4) is 0 Å². The van der Waals surface area contributed by atoms with Crippen LogP contribution in [-0.4, -0.2) is 19.9 Å². The normalized spacial score (nSPS) is 12.7. The Bertz CT molecular complexity index is 1120. The Kier molecular flexibility index (Phi) is 3.21. The van der Waals surface area contributed by atoms with Gasteiger partial charge in [-0.15, -0.1) is 0 Å². The van der Waals surface area contributed by atoms with Crippen LogP contribution in [0.15, 0.2) is 46.9 Å². The van der Waals surface area contributed by atoms with Crippen molar-refractivity contribution in [3.05, 3.63) is 69.7 Å². The van der Waals surface area contributed by atoms with E-state index in [1.807, 2.05) is 36.4 Å². The lowest BCUT2D eigenvalue weighted by Crippen LogP contribution is -1.81. The fourth-order valence-electron chi connectivity index (χ4n) is 2.97. The van der Waals surface area contributed by atoms with Crippen LogP contribution in [0.5, 0.6) is 0 Å². The van der Waals surface area contributed by atoms with Gasteiger partial charge in [-0.05, 0) is 82.7 Å². The summed E-state index contributed by atoms with van der Waals surface area (Å²) in [5.41, 5.74) is 7.70. The van der Waals surface area contributed by atoms with Gasteiger partial charge in [0.2, 0.25) is 0 Å². The fraction of sp³-hybridized carbons (Fsp3) is 0. The van der Waals surface area contributed by atoms with E-state index in [-0.39, 0.29) is 0 Å². The van der Waals surface area contributed by atoms with Gasteiger partial charge in [0.25, 0.3) is 0 Å². The summed E-state index contributed by atoms with van der Waals surface area (Å²) in [6.45, 7) is 0. The number of halogens is 1. The van der Waals surface area contributed by atoms with E-state index < -0.39 is 0 Å². The maximum Gasteiger partial charge on any atom is 0.0801 e. The van der Waals surface area contributed by atoms with E-state index in [2.05, 4.69) is 66.2 Å². The molecule has 25 heavy (non-hydrogen) atoms.